The van der Waals surface area contributed by atoms with Crippen molar-refractivity contribution < 1.29 is 47.6 Å². The number of hydrogen-bond acceptors (Lipinski definition) is 11. The molecule has 0 bridgehead atoms. The van der Waals surface area contributed by atoms with Gasteiger partial charge in [0, 0.05) is 18.7 Å². The van der Waals surface area contributed by atoms with Gasteiger partial charge in [-0.2, -0.15) is 0 Å². The molecule has 0 saturated carbocycles. The van der Waals surface area contributed by atoms with Crippen LogP contribution in [0.5, 0.6) is 5.75 Å². The molecule has 2 aliphatic heterocycles. The number of hydrogen-bond donors (Lipinski definition) is 2. The van der Waals surface area contributed by atoms with Crippen LogP contribution in [0.1, 0.15) is 84.6 Å². The van der Waals surface area contributed by atoms with Crippen molar-refractivity contribution in [3.63, 3.8) is 0 Å². The van der Waals surface area contributed by atoms with E-state index in [1.165, 1.54) is 44.1 Å². The van der Waals surface area contributed by atoms with Crippen molar-refractivity contribution in [2.45, 2.75) is 70.8 Å². The Labute approximate surface area is 307 Å². The summed E-state index contributed by atoms with van der Waals surface area (Å²) in [5.41, 5.74) is 2.29. The van der Waals surface area contributed by atoms with Crippen molar-refractivity contribution >= 4 is 29.3 Å². The van der Waals surface area contributed by atoms with Gasteiger partial charge in [0.05, 0.1) is 77.2 Å². The second kappa shape index (κ2) is 23.6. The second-order valence-electron chi connectivity index (χ2n) is 12.7. The molecule has 0 spiro atoms. The number of fused-ring (bicyclic) bond motifs is 1. The first kappa shape index (κ1) is 40.9. The summed E-state index contributed by atoms with van der Waals surface area (Å²) in [4.78, 5) is 50.9. The highest BCUT2D eigenvalue weighted by molar-refractivity contribution is 6.25. The Morgan fingerprint density at radius 1 is 0.692 bits per heavy atom. The van der Waals surface area contributed by atoms with E-state index in [1.807, 2.05) is 12.1 Å². The standard InChI is InChI=1S/C39H55N3O10/c1-2-3-4-5-6-7-9-30-12-14-31(15-13-30)52-29-28-51-27-26-50-25-24-49-23-22-48-21-20-47-19-18-40-33-11-8-10-32-36(33)39(46)42(38(32)45)34-16-17-35(43)41-37(34)44/h8,10-15,34,40H,2-7,9,16-29H2,1H3,(H,41,43,44). The number of nitrogens with zero attached hydrogens (tertiary/aromatic N) is 1. The van der Waals surface area contributed by atoms with Gasteiger partial charge in [-0.15, -0.1) is 0 Å². The molecular formula is C39H55N3O10. The molecule has 2 aromatic rings. The zero-order chi connectivity index (χ0) is 36.8. The summed E-state index contributed by atoms with van der Waals surface area (Å²) in [6.45, 7) is 7.57. The van der Waals surface area contributed by atoms with Crippen LogP contribution < -0.4 is 15.4 Å². The van der Waals surface area contributed by atoms with E-state index in [1.54, 1.807) is 18.2 Å². The van der Waals surface area contributed by atoms with E-state index in [9.17, 15) is 19.2 Å². The molecular weight excluding hydrogens is 670 g/mol. The summed E-state index contributed by atoms with van der Waals surface area (Å²) in [5, 5.41) is 5.34. The minimum Gasteiger partial charge on any atom is -0.491 e. The van der Waals surface area contributed by atoms with E-state index < -0.39 is 29.7 Å². The number of rotatable bonds is 28. The third-order valence-corrected chi connectivity index (χ3v) is 8.76. The fourth-order valence-electron chi connectivity index (χ4n) is 5.98. The maximum atomic E-state index is 13.2. The predicted octanol–water partition coefficient (Wildman–Crippen LogP) is 4.56. The molecule has 2 N–H and O–H groups in total. The molecule has 0 aromatic heterocycles. The van der Waals surface area contributed by atoms with Crippen LogP contribution in [0.2, 0.25) is 0 Å². The lowest BCUT2D eigenvalue weighted by molar-refractivity contribution is -0.136. The number of unbranched alkanes of at least 4 members (excludes halogenated alkanes) is 5. The number of ether oxygens (including phenoxy) is 6. The van der Waals surface area contributed by atoms with Crippen LogP contribution in [0.15, 0.2) is 42.5 Å². The number of anilines is 1. The zero-order valence-electron chi connectivity index (χ0n) is 30.5. The molecule has 0 aliphatic carbocycles. The Morgan fingerprint density at radius 3 is 1.92 bits per heavy atom. The van der Waals surface area contributed by atoms with Gasteiger partial charge in [0.2, 0.25) is 11.8 Å². The van der Waals surface area contributed by atoms with Gasteiger partial charge in [-0.25, -0.2) is 0 Å². The monoisotopic (exact) mass is 725 g/mol. The van der Waals surface area contributed by atoms with E-state index in [-0.39, 0.29) is 24.0 Å². The summed E-state index contributed by atoms with van der Waals surface area (Å²) in [7, 11) is 0. The number of nitrogens with one attached hydrogen (secondary N) is 2. The highest BCUT2D eigenvalue weighted by Crippen LogP contribution is 2.32. The van der Waals surface area contributed by atoms with E-state index >= 15 is 0 Å². The molecule has 4 amide bonds. The number of benzene rings is 2. The van der Waals surface area contributed by atoms with E-state index in [0.29, 0.717) is 84.9 Å². The minimum atomic E-state index is -1.00. The fourth-order valence-corrected chi connectivity index (χ4v) is 5.98. The largest absolute Gasteiger partial charge is 0.491 e. The molecule has 1 atom stereocenters. The van der Waals surface area contributed by atoms with E-state index in [0.717, 1.165) is 17.1 Å². The Bertz CT molecular complexity index is 1400. The predicted molar refractivity (Wildman–Crippen MR) is 195 cm³/mol. The van der Waals surface area contributed by atoms with Crippen LogP contribution in [0.3, 0.4) is 0 Å². The van der Waals surface area contributed by atoms with Gasteiger partial charge in [-0.05, 0) is 49.1 Å². The van der Waals surface area contributed by atoms with Crippen LogP contribution in [0, 0.1) is 0 Å². The van der Waals surface area contributed by atoms with Crippen molar-refractivity contribution in [2.75, 3.05) is 84.5 Å². The Hall–Kier alpha value is -3.88. The molecule has 1 saturated heterocycles. The van der Waals surface area contributed by atoms with Gasteiger partial charge in [0.1, 0.15) is 18.4 Å². The van der Waals surface area contributed by atoms with Gasteiger partial charge >= 0.3 is 0 Å². The Morgan fingerprint density at radius 2 is 1.29 bits per heavy atom. The molecule has 1 fully saturated rings. The number of carbonyl (C=O) groups excluding carboxylic acids is 4. The highest BCUT2D eigenvalue weighted by atomic mass is 16.6. The molecule has 2 heterocycles. The molecule has 1 unspecified atom stereocenters. The normalized spacial score (nSPS) is 15.6. The van der Waals surface area contributed by atoms with Gasteiger partial charge in [0.25, 0.3) is 11.8 Å². The van der Waals surface area contributed by atoms with Crippen molar-refractivity contribution in [1.82, 2.24) is 10.2 Å². The first-order chi connectivity index (χ1) is 25.5. The Balaban J connectivity index is 0.916. The van der Waals surface area contributed by atoms with Crippen molar-refractivity contribution in [3.05, 3.63) is 59.2 Å². The first-order valence-electron chi connectivity index (χ1n) is 18.7. The first-order valence-corrected chi connectivity index (χ1v) is 18.7. The number of carbonyl (C=O) groups is 4. The van der Waals surface area contributed by atoms with Crippen molar-refractivity contribution in [1.29, 1.82) is 0 Å². The summed E-state index contributed by atoms with van der Waals surface area (Å²) in [6.07, 6.45) is 9.17. The lowest BCUT2D eigenvalue weighted by atomic mass is 10.0. The third-order valence-electron chi connectivity index (χ3n) is 8.76. The zero-order valence-corrected chi connectivity index (χ0v) is 30.5. The van der Waals surface area contributed by atoms with E-state index in [4.69, 9.17) is 28.4 Å². The Kier molecular flexibility index (Phi) is 18.6. The van der Waals surface area contributed by atoms with Gasteiger partial charge in [-0.1, -0.05) is 57.2 Å². The molecule has 286 valence electrons. The second-order valence-corrected chi connectivity index (χ2v) is 12.7. The average molecular weight is 726 g/mol. The minimum absolute atomic E-state index is 0.0713. The van der Waals surface area contributed by atoms with Crippen LogP contribution in [0.25, 0.3) is 0 Å². The molecule has 13 nitrogen and oxygen atoms in total. The smallest absolute Gasteiger partial charge is 0.264 e. The van der Waals surface area contributed by atoms with Crippen LogP contribution in [-0.4, -0.2) is 114 Å². The number of imide groups is 2. The van der Waals surface area contributed by atoms with Gasteiger partial charge in [0.15, 0.2) is 0 Å². The summed E-state index contributed by atoms with van der Waals surface area (Å²) >= 11 is 0. The summed E-state index contributed by atoms with van der Waals surface area (Å²) in [6, 6.07) is 12.3. The molecule has 2 aromatic carbocycles. The topological polar surface area (TPSA) is 151 Å². The highest BCUT2D eigenvalue weighted by Gasteiger charge is 2.45. The fraction of sp³-hybridized carbons (Fsp3) is 0.590. The SMILES string of the molecule is CCCCCCCCc1ccc(OCCOCCOCCOCCOCCOCCNc2cccc3c2C(=O)N(C2CCC(=O)NC2=O)C3=O)cc1. The summed E-state index contributed by atoms with van der Waals surface area (Å²) in [5.74, 6) is -1.28. The molecule has 0 radical (unpaired) electrons. The molecule has 4 rings (SSSR count). The maximum Gasteiger partial charge on any atom is 0.264 e. The number of amides is 4. The average Bonchev–Trinajstić information content (AvgIpc) is 3.40. The molecule has 52 heavy (non-hydrogen) atoms. The third kappa shape index (κ3) is 13.6. The van der Waals surface area contributed by atoms with Crippen LogP contribution in [0.4, 0.5) is 5.69 Å². The lowest BCUT2D eigenvalue weighted by Gasteiger charge is -2.27. The quantitative estimate of drug-likeness (QED) is 0.0939. The summed E-state index contributed by atoms with van der Waals surface area (Å²) < 4.78 is 33.6. The van der Waals surface area contributed by atoms with Crippen molar-refractivity contribution in [2.24, 2.45) is 0 Å². The van der Waals surface area contributed by atoms with Gasteiger partial charge < -0.3 is 33.7 Å². The van der Waals surface area contributed by atoms with Gasteiger partial charge in [-0.3, -0.25) is 29.4 Å². The number of aryl methyl sites for hydroxylation is 1. The molecule has 13 heteroatoms. The maximum absolute atomic E-state index is 13.2. The molecule has 2 aliphatic rings. The lowest BCUT2D eigenvalue weighted by Crippen LogP contribution is -2.54. The van der Waals surface area contributed by atoms with Crippen molar-refractivity contribution in [3.8, 4) is 5.75 Å². The van der Waals surface area contributed by atoms with Crippen LogP contribution in [-0.2, 0) is 39.7 Å². The number of piperidine rings is 1. The van der Waals surface area contributed by atoms with E-state index in [2.05, 4.69) is 29.7 Å². The van der Waals surface area contributed by atoms with Crippen LogP contribution >= 0.6 is 0 Å².